The zero-order chi connectivity index (χ0) is 8.20. The van der Waals surface area contributed by atoms with Crippen LogP contribution in [0.5, 0.6) is 0 Å². The standard InChI is InChI=1S/C4H6F4O2/c1-2-9-4(7,8)10-3(5)6/h3H,2H2,1H3. The van der Waals surface area contributed by atoms with Crippen LogP contribution in [-0.4, -0.2) is 19.5 Å². The Morgan fingerprint density at radius 1 is 1.40 bits per heavy atom. The molecule has 0 bridgehead atoms. The van der Waals surface area contributed by atoms with E-state index in [0.717, 1.165) is 0 Å². The second-order valence-corrected chi connectivity index (χ2v) is 1.27. The molecule has 2 nitrogen and oxygen atoms in total. The van der Waals surface area contributed by atoms with Crippen LogP contribution in [0.25, 0.3) is 0 Å². The van der Waals surface area contributed by atoms with Crippen LogP contribution in [0.2, 0.25) is 0 Å². The van der Waals surface area contributed by atoms with Crippen LogP contribution in [-0.2, 0) is 9.47 Å². The van der Waals surface area contributed by atoms with Gasteiger partial charge in [-0.3, -0.25) is 4.74 Å². The highest BCUT2D eigenvalue weighted by Gasteiger charge is 2.35. The fourth-order valence-electron chi connectivity index (χ4n) is 0.306. The Bertz CT molecular complexity index is 95.3. The Morgan fingerprint density at radius 3 is 2.20 bits per heavy atom. The molecule has 0 saturated heterocycles. The van der Waals surface area contributed by atoms with E-state index in [1.807, 2.05) is 0 Å². The maximum atomic E-state index is 11.8. The van der Waals surface area contributed by atoms with E-state index in [2.05, 4.69) is 9.47 Å². The highest BCUT2D eigenvalue weighted by Crippen LogP contribution is 2.19. The number of alkyl halides is 4. The Hall–Kier alpha value is -0.360. The predicted octanol–water partition coefficient (Wildman–Crippen LogP) is 1.81. The molecule has 6 heteroatoms. The fourth-order valence-corrected chi connectivity index (χ4v) is 0.306. The second kappa shape index (κ2) is 3.72. The molecule has 0 heterocycles. The summed E-state index contributed by atoms with van der Waals surface area (Å²) in [6.45, 7) is -2.68. The van der Waals surface area contributed by atoms with Gasteiger partial charge in [-0.2, -0.15) is 8.78 Å². The molecule has 0 spiro atoms. The van der Waals surface area contributed by atoms with Gasteiger partial charge in [0, 0.05) is 0 Å². The Morgan fingerprint density at radius 2 is 1.90 bits per heavy atom. The monoisotopic (exact) mass is 162 g/mol. The maximum Gasteiger partial charge on any atom is 0.489 e. The fraction of sp³-hybridized carbons (Fsp3) is 1.00. The van der Waals surface area contributed by atoms with E-state index >= 15 is 0 Å². The molecule has 0 aromatic heterocycles. The van der Waals surface area contributed by atoms with Gasteiger partial charge >= 0.3 is 12.9 Å². The molecule has 0 amide bonds. The summed E-state index contributed by atoms with van der Waals surface area (Å²) in [5, 5.41) is 0. The summed E-state index contributed by atoms with van der Waals surface area (Å²) in [6, 6.07) is 0. The summed E-state index contributed by atoms with van der Waals surface area (Å²) in [5.74, 6) is 0. The van der Waals surface area contributed by atoms with Gasteiger partial charge in [0.15, 0.2) is 0 Å². The van der Waals surface area contributed by atoms with Crippen molar-refractivity contribution in [2.24, 2.45) is 0 Å². The van der Waals surface area contributed by atoms with E-state index in [1.165, 1.54) is 6.92 Å². The lowest BCUT2D eigenvalue weighted by Gasteiger charge is -2.13. The van der Waals surface area contributed by atoms with Gasteiger partial charge in [0.1, 0.15) is 0 Å². The molecule has 0 fully saturated rings. The molecule has 0 unspecified atom stereocenters. The van der Waals surface area contributed by atoms with Crippen molar-refractivity contribution >= 4 is 0 Å². The average molecular weight is 162 g/mol. The summed E-state index contributed by atoms with van der Waals surface area (Å²) in [4.78, 5) is 0. The van der Waals surface area contributed by atoms with Crippen LogP contribution in [0.1, 0.15) is 6.92 Å². The molecule has 62 valence electrons. The first-order valence-electron chi connectivity index (χ1n) is 2.45. The van der Waals surface area contributed by atoms with E-state index in [9.17, 15) is 17.6 Å². The Labute approximate surface area is 54.7 Å². The third-order valence-electron chi connectivity index (χ3n) is 0.539. The molecule has 0 radical (unpaired) electrons. The van der Waals surface area contributed by atoms with Gasteiger partial charge < -0.3 is 0 Å². The zero-order valence-corrected chi connectivity index (χ0v) is 5.11. The van der Waals surface area contributed by atoms with Crippen LogP contribution < -0.4 is 0 Å². The van der Waals surface area contributed by atoms with Crippen molar-refractivity contribution in [1.29, 1.82) is 0 Å². The molecule has 0 N–H and O–H groups in total. The van der Waals surface area contributed by atoms with Gasteiger partial charge in [0.25, 0.3) is 0 Å². The second-order valence-electron chi connectivity index (χ2n) is 1.27. The predicted molar refractivity (Wildman–Crippen MR) is 23.7 cm³/mol. The van der Waals surface area contributed by atoms with Crippen LogP contribution in [0.3, 0.4) is 0 Å². The van der Waals surface area contributed by atoms with E-state index in [-0.39, 0.29) is 6.61 Å². The normalized spacial score (nSPS) is 12.6. The average Bonchev–Trinajstić information content (AvgIpc) is 1.59. The Balaban J connectivity index is 3.63. The van der Waals surface area contributed by atoms with E-state index < -0.39 is 12.9 Å². The zero-order valence-electron chi connectivity index (χ0n) is 5.11. The van der Waals surface area contributed by atoms with Crippen LogP contribution in [0, 0.1) is 0 Å². The molecule has 0 saturated carbocycles. The molecule has 0 aromatic rings. The summed E-state index contributed by atoms with van der Waals surface area (Å²) in [5.41, 5.74) is 0. The molecule has 10 heavy (non-hydrogen) atoms. The first kappa shape index (κ1) is 9.64. The van der Waals surface area contributed by atoms with Crippen molar-refractivity contribution in [3.05, 3.63) is 0 Å². The maximum absolute atomic E-state index is 11.8. The molecular formula is C4H6F4O2. The van der Waals surface area contributed by atoms with Crippen molar-refractivity contribution in [2.45, 2.75) is 19.8 Å². The highest BCUT2D eigenvalue weighted by molar-refractivity contribution is 4.29. The minimum Gasteiger partial charge on any atom is -0.296 e. The third-order valence-corrected chi connectivity index (χ3v) is 0.539. The van der Waals surface area contributed by atoms with Gasteiger partial charge in [0.2, 0.25) is 0 Å². The van der Waals surface area contributed by atoms with Gasteiger partial charge in [0.05, 0.1) is 6.61 Å². The SMILES string of the molecule is CCOC(F)(F)OC(F)F. The van der Waals surface area contributed by atoms with Crippen molar-refractivity contribution in [1.82, 2.24) is 0 Å². The van der Waals surface area contributed by atoms with Gasteiger partial charge in [-0.05, 0) is 6.92 Å². The van der Waals surface area contributed by atoms with Gasteiger partial charge in [-0.25, -0.2) is 4.74 Å². The van der Waals surface area contributed by atoms with Gasteiger partial charge in [-0.15, -0.1) is 8.78 Å². The summed E-state index contributed by atoms with van der Waals surface area (Å²) in [7, 11) is 0. The van der Waals surface area contributed by atoms with Crippen molar-refractivity contribution < 1.29 is 27.0 Å². The molecule has 0 aromatic carbocycles. The number of ether oxygens (including phenoxy) is 2. The smallest absolute Gasteiger partial charge is 0.296 e. The molecule has 0 atom stereocenters. The molecule has 0 aliphatic carbocycles. The number of halogens is 4. The molecule has 0 rings (SSSR count). The largest absolute Gasteiger partial charge is 0.489 e. The lowest BCUT2D eigenvalue weighted by molar-refractivity contribution is -0.433. The van der Waals surface area contributed by atoms with E-state index in [4.69, 9.17) is 0 Å². The minimum absolute atomic E-state index is 0.389. The number of hydrogen-bond acceptors (Lipinski definition) is 2. The van der Waals surface area contributed by atoms with E-state index in [1.54, 1.807) is 0 Å². The van der Waals surface area contributed by atoms with Crippen LogP contribution in [0.15, 0.2) is 0 Å². The lowest BCUT2D eigenvalue weighted by atomic mass is 10.9. The number of rotatable bonds is 4. The topological polar surface area (TPSA) is 18.5 Å². The van der Waals surface area contributed by atoms with Crippen molar-refractivity contribution in [3.8, 4) is 0 Å². The van der Waals surface area contributed by atoms with Crippen molar-refractivity contribution in [2.75, 3.05) is 6.61 Å². The van der Waals surface area contributed by atoms with E-state index in [0.29, 0.717) is 0 Å². The molecular weight excluding hydrogens is 156 g/mol. The molecule has 0 aliphatic rings. The quantitative estimate of drug-likeness (QED) is 0.463. The first-order chi connectivity index (χ1) is 4.48. The first-order valence-corrected chi connectivity index (χ1v) is 2.45. The van der Waals surface area contributed by atoms with Crippen molar-refractivity contribution in [3.63, 3.8) is 0 Å². The minimum atomic E-state index is -4.18. The summed E-state index contributed by atoms with van der Waals surface area (Å²) >= 11 is 0. The molecule has 0 aliphatic heterocycles. The lowest BCUT2D eigenvalue weighted by Crippen LogP contribution is -2.27. The van der Waals surface area contributed by atoms with Gasteiger partial charge in [-0.1, -0.05) is 0 Å². The summed E-state index contributed by atoms with van der Waals surface area (Å²) in [6.07, 6.45) is -4.18. The summed E-state index contributed by atoms with van der Waals surface area (Å²) < 4.78 is 51.9. The van der Waals surface area contributed by atoms with Crippen LogP contribution >= 0.6 is 0 Å². The van der Waals surface area contributed by atoms with Crippen LogP contribution in [0.4, 0.5) is 17.6 Å². The highest BCUT2D eigenvalue weighted by atomic mass is 19.3. The Kier molecular flexibility index (Phi) is 3.59. The number of hydrogen-bond donors (Lipinski definition) is 0. The third kappa shape index (κ3) is 4.51.